The lowest BCUT2D eigenvalue weighted by molar-refractivity contribution is -0.0632. The maximum absolute atomic E-state index is 10.5. The summed E-state index contributed by atoms with van der Waals surface area (Å²) in [5.74, 6) is 1.24. The summed E-state index contributed by atoms with van der Waals surface area (Å²) in [6, 6.07) is 0. The first kappa shape index (κ1) is 17.0. The standard InChI is InChI=1S/C17H34O2/c1-4-6-10-14(5-2)13-16(18)17(19-3)15-11-8-7-9-12-15/h14-18H,4-13H2,1-3H3. The van der Waals surface area contributed by atoms with Gasteiger partial charge in [0.25, 0.3) is 0 Å². The average Bonchev–Trinajstić information content (AvgIpc) is 2.45. The summed E-state index contributed by atoms with van der Waals surface area (Å²) < 4.78 is 5.65. The molecule has 1 saturated carbocycles. The molecule has 1 fully saturated rings. The summed E-state index contributed by atoms with van der Waals surface area (Å²) >= 11 is 0. The molecule has 0 radical (unpaired) electrons. The SMILES string of the molecule is CCCCC(CC)CC(O)C(OC)C1CCCCC1. The Hall–Kier alpha value is -0.0800. The monoisotopic (exact) mass is 270 g/mol. The zero-order valence-corrected chi connectivity index (χ0v) is 13.2. The Kier molecular flexibility index (Phi) is 8.72. The van der Waals surface area contributed by atoms with Crippen molar-refractivity contribution in [1.82, 2.24) is 0 Å². The summed E-state index contributed by atoms with van der Waals surface area (Å²) in [7, 11) is 1.77. The molecule has 1 aliphatic rings. The molecule has 0 heterocycles. The van der Waals surface area contributed by atoms with Crippen molar-refractivity contribution in [2.45, 2.75) is 90.3 Å². The summed E-state index contributed by atoms with van der Waals surface area (Å²) in [5, 5.41) is 10.5. The minimum absolute atomic E-state index is 0.0657. The molecule has 2 heteroatoms. The number of ether oxygens (including phenoxy) is 1. The summed E-state index contributed by atoms with van der Waals surface area (Å²) in [5.41, 5.74) is 0. The Balaban J connectivity index is 2.44. The zero-order chi connectivity index (χ0) is 14.1. The van der Waals surface area contributed by atoms with Crippen LogP contribution in [0.2, 0.25) is 0 Å². The largest absolute Gasteiger partial charge is 0.390 e. The van der Waals surface area contributed by atoms with E-state index in [1.165, 1.54) is 57.8 Å². The summed E-state index contributed by atoms with van der Waals surface area (Å²) in [6.45, 7) is 4.48. The molecule has 1 rings (SSSR count). The van der Waals surface area contributed by atoms with Gasteiger partial charge in [-0.2, -0.15) is 0 Å². The van der Waals surface area contributed by atoms with Gasteiger partial charge in [-0.15, -0.1) is 0 Å². The van der Waals surface area contributed by atoms with Crippen LogP contribution < -0.4 is 0 Å². The molecule has 0 aromatic heterocycles. The van der Waals surface area contributed by atoms with Crippen molar-refractivity contribution >= 4 is 0 Å². The second-order valence-electron chi connectivity index (χ2n) is 6.32. The highest BCUT2D eigenvalue weighted by Crippen LogP contribution is 2.31. The highest BCUT2D eigenvalue weighted by atomic mass is 16.5. The van der Waals surface area contributed by atoms with E-state index in [2.05, 4.69) is 13.8 Å². The third-order valence-electron chi connectivity index (χ3n) is 4.88. The Morgan fingerprint density at radius 3 is 2.37 bits per heavy atom. The van der Waals surface area contributed by atoms with Crippen LogP contribution in [0, 0.1) is 11.8 Å². The molecule has 0 spiro atoms. The normalized spacial score (nSPS) is 22.1. The lowest BCUT2D eigenvalue weighted by atomic mass is 9.80. The van der Waals surface area contributed by atoms with Gasteiger partial charge < -0.3 is 9.84 Å². The van der Waals surface area contributed by atoms with Gasteiger partial charge in [-0.1, -0.05) is 58.8 Å². The first-order valence-electron chi connectivity index (χ1n) is 8.43. The van der Waals surface area contributed by atoms with Crippen molar-refractivity contribution < 1.29 is 9.84 Å². The van der Waals surface area contributed by atoms with Crippen molar-refractivity contribution in [2.24, 2.45) is 11.8 Å². The topological polar surface area (TPSA) is 29.5 Å². The van der Waals surface area contributed by atoms with E-state index >= 15 is 0 Å². The van der Waals surface area contributed by atoms with Crippen LogP contribution in [0.1, 0.15) is 78.1 Å². The molecule has 0 aromatic rings. The minimum atomic E-state index is -0.269. The number of aliphatic hydroxyl groups excluding tert-OH is 1. The molecule has 1 aliphatic carbocycles. The number of rotatable bonds is 9. The highest BCUT2D eigenvalue weighted by Gasteiger charge is 2.30. The molecule has 0 saturated heterocycles. The van der Waals surface area contributed by atoms with Gasteiger partial charge in [0, 0.05) is 7.11 Å². The third kappa shape index (κ3) is 5.83. The maximum atomic E-state index is 10.5. The van der Waals surface area contributed by atoms with Crippen LogP contribution in [-0.4, -0.2) is 24.4 Å². The quantitative estimate of drug-likeness (QED) is 0.666. The van der Waals surface area contributed by atoms with Gasteiger partial charge in [-0.05, 0) is 31.1 Å². The van der Waals surface area contributed by atoms with Crippen molar-refractivity contribution in [3.8, 4) is 0 Å². The molecule has 114 valence electrons. The summed E-state index contributed by atoms with van der Waals surface area (Å²) in [4.78, 5) is 0. The minimum Gasteiger partial charge on any atom is -0.390 e. The van der Waals surface area contributed by atoms with Crippen LogP contribution in [0.25, 0.3) is 0 Å². The van der Waals surface area contributed by atoms with E-state index in [0.29, 0.717) is 11.8 Å². The number of hydrogen-bond acceptors (Lipinski definition) is 2. The number of methoxy groups -OCH3 is 1. The predicted molar refractivity (Wildman–Crippen MR) is 81.3 cm³/mol. The van der Waals surface area contributed by atoms with Gasteiger partial charge >= 0.3 is 0 Å². The van der Waals surface area contributed by atoms with Gasteiger partial charge in [0.1, 0.15) is 0 Å². The molecule has 3 atom stereocenters. The van der Waals surface area contributed by atoms with Gasteiger partial charge in [0.05, 0.1) is 12.2 Å². The average molecular weight is 270 g/mol. The molecule has 3 unspecified atom stereocenters. The van der Waals surface area contributed by atoms with Gasteiger partial charge in [-0.25, -0.2) is 0 Å². The van der Waals surface area contributed by atoms with Crippen LogP contribution in [0.3, 0.4) is 0 Å². The van der Waals surface area contributed by atoms with E-state index in [-0.39, 0.29) is 12.2 Å². The molecule has 0 amide bonds. The van der Waals surface area contributed by atoms with Crippen LogP contribution >= 0.6 is 0 Å². The molecule has 19 heavy (non-hydrogen) atoms. The first-order valence-corrected chi connectivity index (χ1v) is 8.43. The fourth-order valence-corrected chi connectivity index (χ4v) is 3.58. The Labute approximate surface area is 119 Å². The van der Waals surface area contributed by atoms with Crippen LogP contribution in [-0.2, 0) is 4.74 Å². The lowest BCUT2D eigenvalue weighted by Crippen LogP contribution is -2.37. The number of hydrogen-bond donors (Lipinski definition) is 1. The van der Waals surface area contributed by atoms with E-state index in [9.17, 15) is 5.11 Å². The van der Waals surface area contributed by atoms with E-state index in [1.54, 1.807) is 7.11 Å². The van der Waals surface area contributed by atoms with Crippen molar-refractivity contribution in [2.75, 3.05) is 7.11 Å². The van der Waals surface area contributed by atoms with Crippen LogP contribution in [0.5, 0.6) is 0 Å². The lowest BCUT2D eigenvalue weighted by Gasteiger charge is -2.33. The zero-order valence-electron chi connectivity index (χ0n) is 13.2. The Morgan fingerprint density at radius 2 is 1.84 bits per heavy atom. The molecular weight excluding hydrogens is 236 g/mol. The summed E-state index contributed by atoms with van der Waals surface area (Å²) in [6.07, 6.45) is 12.1. The van der Waals surface area contributed by atoms with Crippen molar-refractivity contribution in [3.63, 3.8) is 0 Å². The maximum Gasteiger partial charge on any atom is 0.0858 e. The fraction of sp³-hybridized carbons (Fsp3) is 1.00. The van der Waals surface area contributed by atoms with Gasteiger partial charge in [0.2, 0.25) is 0 Å². The predicted octanol–water partition coefficient (Wildman–Crippen LogP) is 4.55. The van der Waals surface area contributed by atoms with Crippen molar-refractivity contribution in [3.05, 3.63) is 0 Å². The van der Waals surface area contributed by atoms with E-state index < -0.39 is 0 Å². The molecule has 0 bridgehead atoms. The molecule has 2 nitrogen and oxygen atoms in total. The fourth-order valence-electron chi connectivity index (χ4n) is 3.58. The molecular formula is C17H34O2. The molecule has 0 aromatic carbocycles. The first-order chi connectivity index (χ1) is 9.22. The van der Waals surface area contributed by atoms with Crippen LogP contribution in [0.4, 0.5) is 0 Å². The highest BCUT2D eigenvalue weighted by molar-refractivity contribution is 4.81. The van der Waals surface area contributed by atoms with Crippen LogP contribution in [0.15, 0.2) is 0 Å². The second-order valence-corrected chi connectivity index (χ2v) is 6.32. The van der Waals surface area contributed by atoms with E-state index in [1.807, 2.05) is 0 Å². The van der Waals surface area contributed by atoms with E-state index in [0.717, 1.165) is 6.42 Å². The molecule has 0 aliphatic heterocycles. The molecule has 1 N–H and O–H groups in total. The van der Waals surface area contributed by atoms with Gasteiger partial charge in [0.15, 0.2) is 0 Å². The van der Waals surface area contributed by atoms with E-state index in [4.69, 9.17) is 4.74 Å². The third-order valence-corrected chi connectivity index (χ3v) is 4.88. The Morgan fingerprint density at radius 1 is 1.16 bits per heavy atom. The van der Waals surface area contributed by atoms with Crippen molar-refractivity contribution in [1.29, 1.82) is 0 Å². The Bertz CT molecular complexity index is 211. The second kappa shape index (κ2) is 9.77. The number of unbranched alkanes of at least 4 members (excludes halogenated alkanes) is 1. The van der Waals surface area contributed by atoms with Gasteiger partial charge in [-0.3, -0.25) is 0 Å². The number of aliphatic hydroxyl groups is 1. The smallest absolute Gasteiger partial charge is 0.0858 e.